The number of guanidine groups is 1. The molecular weight excluding hydrogens is 448 g/mol. The molecule has 4 atom stereocenters. The second kappa shape index (κ2) is 13.3. The number of aliphatic imine (C=N–C) groups is 1. The number of primary amides is 1. The molecule has 0 spiro atoms. The van der Waals surface area contributed by atoms with Crippen LogP contribution in [0, 0.1) is 5.92 Å². The number of rotatable bonds is 13. The van der Waals surface area contributed by atoms with Crippen LogP contribution in [0.15, 0.2) is 4.99 Å². The van der Waals surface area contributed by atoms with Crippen molar-refractivity contribution in [2.75, 3.05) is 13.1 Å². The van der Waals surface area contributed by atoms with Crippen molar-refractivity contribution in [2.24, 2.45) is 33.8 Å². The fourth-order valence-corrected chi connectivity index (χ4v) is 3.59. The van der Waals surface area contributed by atoms with Gasteiger partial charge >= 0.3 is 5.97 Å². The third kappa shape index (κ3) is 8.84. The summed E-state index contributed by atoms with van der Waals surface area (Å²) in [5.74, 6) is -4.31. The highest BCUT2D eigenvalue weighted by atomic mass is 16.4. The summed E-state index contributed by atoms with van der Waals surface area (Å²) >= 11 is 0. The summed E-state index contributed by atoms with van der Waals surface area (Å²) in [7, 11) is 0. The van der Waals surface area contributed by atoms with Crippen LogP contribution in [-0.4, -0.2) is 82.8 Å². The van der Waals surface area contributed by atoms with Gasteiger partial charge in [0.2, 0.25) is 23.6 Å². The number of hydrogen-bond donors (Lipinski definition) is 7. The molecule has 0 radical (unpaired) electrons. The van der Waals surface area contributed by atoms with Crippen LogP contribution in [0.2, 0.25) is 0 Å². The number of amides is 4. The van der Waals surface area contributed by atoms with Gasteiger partial charge < -0.3 is 43.6 Å². The largest absolute Gasteiger partial charge is 0.480 e. The number of carboxylic acid groups (broad SMARTS) is 1. The summed E-state index contributed by atoms with van der Waals surface area (Å²) in [4.78, 5) is 66.2. The molecule has 34 heavy (non-hydrogen) atoms. The van der Waals surface area contributed by atoms with Crippen molar-refractivity contribution in [3.05, 3.63) is 0 Å². The number of carboxylic acids is 1. The van der Waals surface area contributed by atoms with Crippen molar-refractivity contribution < 1.29 is 29.1 Å². The number of likely N-dealkylation sites (tertiary alicyclic amines) is 1. The molecule has 1 aliphatic heterocycles. The molecule has 0 aromatic heterocycles. The molecule has 4 amide bonds. The molecule has 1 heterocycles. The highest BCUT2D eigenvalue weighted by Crippen LogP contribution is 2.20. The Bertz CT molecular complexity index is 798. The number of nitrogens with two attached hydrogens (primary N) is 4. The number of carbonyl (C=O) groups excluding carboxylic acids is 4. The predicted octanol–water partition coefficient (Wildman–Crippen LogP) is -3.06. The smallest absolute Gasteiger partial charge is 0.326 e. The minimum absolute atomic E-state index is 0.109. The van der Waals surface area contributed by atoms with Crippen LogP contribution in [0.3, 0.4) is 0 Å². The Morgan fingerprint density at radius 3 is 2.26 bits per heavy atom. The normalized spacial score (nSPS) is 18.0. The molecule has 14 heteroatoms. The average Bonchev–Trinajstić information content (AvgIpc) is 3.22. The molecule has 192 valence electrons. The maximum atomic E-state index is 13.1. The van der Waals surface area contributed by atoms with E-state index in [1.54, 1.807) is 13.8 Å². The molecule has 0 aromatic rings. The zero-order chi connectivity index (χ0) is 26.0. The lowest BCUT2D eigenvalue weighted by Gasteiger charge is -2.30. The molecule has 4 unspecified atom stereocenters. The van der Waals surface area contributed by atoms with E-state index in [-0.39, 0.29) is 31.4 Å². The van der Waals surface area contributed by atoms with Crippen LogP contribution in [0.5, 0.6) is 0 Å². The molecule has 1 fully saturated rings. The third-order valence-electron chi connectivity index (χ3n) is 5.39. The van der Waals surface area contributed by atoms with E-state index in [9.17, 15) is 29.1 Å². The number of nitrogens with one attached hydrogen (secondary N) is 2. The van der Waals surface area contributed by atoms with Crippen LogP contribution in [0.25, 0.3) is 0 Å². The summed E-state index contributed by atoms with van der Waals surface area (Å²) in [6.45, 7) is 3.89. The number of carbonyl (C=O) groups is 5. The van der Waals surface area contributed by atoms with Gasteiger partial charge in [-0.2, -0.15) is 0 Å². The maximum Gasteiger partial charge on any atom is 0.326 e. The van der Waals surface area contributed by atoms with Gasteiger partial charge in [-0.3, -0.25) is 24.2 Å². The Balaban J connectivity index is 2.99. The molecule has 0 saturated carbocycles. The van der Waals surface area contributed by atoms with Crippen molar-refractivity contribution in [3.63, 3.8) is 0 Å². The van der Waals surface area contributed by atoms with E-state index in [2.05, 4.69) is 15.6 Å². The van der Waals surface area contributed by atoms with Crippen molar-refractivity contribution in [1.82, 2.24) is 15.5 Å². The summed E-state index contributed by atoms with van der Waals surface area (Å²) in [5.41, 5.74) is 21.3. The van der Waals surface area contributed by atoms with E-state index < -0.39 is 60.2 Å². The van der Waals surface area contributed by atoms with Crippen LogP contribution >= 0.6 is 0 Å². The first-order valence-electron chi connectivity index (χ1n) is 11.1. The highest BCUT2D eigenvalue weighted by molar-refractivity contribution is 5.95. The topological polar surface area (TPSA) is 249 Å². The fourth-order valence-electron chi connectivity index (χ4n) is 3.59. The van der Waals surface area contributed by atoms with Gasteiger partial charge in [0.1, 0.15) is 18.1 Å². The Morgan fingerprint density at radius 2 is 1.74 bits per heavy atom. The maximum absolute atomic E-state index is 13.1. The van der Waals surface area contributed by atoms with E-state index in [4.69, 9.17) is 22.9 Å². The van der Waals surface area contributed by atoms with Gasteiger partial charge in [-0.05, 0) is 31.6 Å². The first kappa shape index (κ1) is 28.6. The van der Waals surface area contributed by atoms with Crippen LogP contribution in [-0.2, 0) is 24.0 Å². The second-order valence-electron chi connectivity index (χ2n) is 8.55. The SMILES string of the molecule is CC(C)C(NC(=O)C(CCCN=C(N)N)NC(=O)C(N)CC(N)=O)C(=O)N1CCCC1C(=O)O. The first-order valence-corrected chi connectivity index (χ1v) is 11.1. The Labute approximate surface area is 197 Å². The van der Waals surface area contributed by atoms with Gasteiger partial charge in [0, 0.05) is 13.1 Å². The van der Waals surface area contributed by atoms with E-state index >= 15 is 0 Å². The van der Waals surface area contributed by atoms with Gasteiger partial charge in [-0.1, -0.05) is 13.8 Å². The van der Waals surface area contributed by atoms with Crippen molar-refractivity contribution in [1.29, 1.82) is 0 Å². The Morgan fingerprint density at radius 1 is 1.09 bits per heavy atom. The predicted molar refractivity (Wildman–Crippen MR) is 123 cm³/mol. The Hall–Kier alpha value is -3.42. The molecule has 1 saturated heterocycles. The molecule has 14 nitrogen and oxygen atoms in total. The number of nitrogens with zero attached hydrogens (tertiary/aromatic N) is 2. The molecule has 0 bridgehead atoms. The molecule has 0 aromatic carbocycles. The van der Waals surface area contributed by atoms with Gasteiger partial charge in [-0.25, -0.2) is 4.79 Å². The summed E-state index contributed by atoms with van der Waals surface area (Å²) < 4.78 is 0. The van der Waals surface area contributed by atoms with Crippen molar-refractivity contribution in [3.8, 4) is 0 Å². The van der Waals surface area contributed by atoms with E-state index in [0.717, 1.165) is 0 Å². The summed E-state index contributed by atoms with van der Waals surface area (Å²) in [6, 6.07) is -4.33. The fraction of sp³-hybridized carbons (Fsp3) is 0.700. The van der Waals surface area contributed by atoms with E-state index in [0.29, 0.717) is 19.3 Å². The Kier molecular flexibility index (Phi) is 11.2. The van der Waals surface area contributed by atoms with Crippen LogP contribution < -0.4 is 33.6 Å². The molecule has 1 rings (SSSR count). The highest BCUT2D eigenvalue weighted by Gasteiger charge is 2.39. The minimum Gasteiger partial charge on any atom is -0.480 e. The first-order chi connectivity index (χ1) is 15.8. The zero-order valence-electron chi connectivity index (χ0n) is 19.5. The van der Waals surface area contributed by atoms with Gasteiger partial charge in [-0.15, -0.1) is 0 Å². The van der Waals surface area contributed by atoms with Gasteiger partial charge in [0.05, 0.1) is 12.5 Å². The van der Waals surface area contributed by atoms with E-state index in [1.807, 2.05) is 0 Å². The lowest BCUT2D eigenvalue weighted by atomic mass is 10.0. The zero-order valence-corrected chi connectivity index (χ0v) is 19.5. The lowest BCUT2D eigenvalue weighted by Crippen LogP contribution is -2.58. The molecular formula is C20H36N8O6. The number of aliphatic carboxylic acids is 1. The third-order valence-corrected chi connectivity index (χ3v) is 5.39. The average molecular weight is 485 g/mol. The van der Waals surface area contributed by atoms with Crippen LogP contribution in [0.4, 0.5) is 0 Å². The van der Waals surface area contributed by atoms with Crippen LogP contribution in [0.1, 0.15) is 46.0 Å². The monoisotopic (exact) mass is 484 g/mol. The number of hydrogen-bond acceptors (Lipinski definition) is 7. The van der Waals surface area contributed by atoms with Gasteiger partial charge in [0.25, 0.3) is 0 Å². The standard InChI is InChI=1S/C20H36N8O6/c1-10(2)15(18(32)28-8-4-6-13(28)19(33)34)27-17(31)12(5-3-7-25-20(23)24)26-16(30)11(21)9-14(22)29/h10-13,15H,3-9,21H2,1-2H3,(H2,22,29)(H,26,30)(H,27,31)(H,33,34)(H4,23,24,25). The quantitative estimate of drug-likeness (QED) is 0.0795. The lowest BCUT2D eigenvalue weighted by molar-refractivity contribution is -0.150. The molecule has 11 N–H and O–H groups in total. The summed E-state index contributed by atoms with van der Waals surface area (Å²) in [6.07, 6.45) is 0.892. The minimum atomic E-state index is -1.26. The van der Waals surface area contributed by atoms with Crippen molar-refractivity contribution >= 4 is 35.6 Å². The van der Waals surface area contributed by atoms with E-state index in [1.165, 1.54) is 4.90 Å². The second-order valence-corrected chi connectivity index (χ2v) is 8.55. The van der Waals surface area contributed by atoms with Gasteiger partial charge in [0.15, 0.2) is 5.96 Å². The molecule has 0 aliphatic carbocycles. The summed E-state index contributed by atoms with van der Waals surface area (Å²) in [5, 5.41) is 14.5. The van der Waals surface area contributed by atoms with Crippen molar-refractivity contribution in [2.45, 2.75) is 70.1 Å². The molecule has 1 aliphatic rings.